The van der Waals surface area contributed by atoms with Crippen LogP contribution in [0.1, 0.15) is 18.7 Å². The summed E-state index contributed by atoms with van der Waals surface area (Å²) in [7, 11) is -1.50. The highest BCUT2D eigenvalue weighted by atomic mass is 32.2. The van der Waals surface area contributed by atoms with Gasteiger partial charge < -0.3 is 5.32 Å². The summed E-state index contributed by atoms with van der Waals surface area (Å²) >= 11 is 0. The first-order chi connectivity index (χ1) is 8.05. The van der Waals surface area contributed by atoms with Crippen molar-refractivity contribution >= 4 is 10.0 Å². The molecule has 0 bridgehead atoms. The van der Waals surface area contributed by atoms with Crippen LogP contribution in [0.3, 0.4) is 0 Å². The highest BCUT2D eigenvalue weighted by Crippen LogP contribution is 2.17. The van der Waals surface area contributed by atoms with Crippen LogP contribution in [0.4, 0.5) is 0 Å². The Balaban J connectivity index is 1.72. The van der Waals surface area contributed by atoms with Crippen LogP contribution in [-0.4, -0.2) is 41.5 Å². The monoisotopic (exact) mass is 259 g/mol. The normalized spacial score (nSPS) is 16.3. The average molecular weight is 259 g/mol. The molecular formula is C9H17N5O2S. The minimum absolute atomic E-state index is 0.0936. The van der Waals surface area contributed by atoms with Crippen LogP contribution in [0.25, 0.3) is 0 Å². The fourth-order valence-electron chi connectivity index (χ4n) is 1.40. The number of hydrogen-bond acceptors (Lipinski definition) is 5. The summed E-state index contributed by atoms with van der Waals surface area (Å²) in [5.41, 5.74) is 0. The molecule has 0 unspecified atom stereocenters. The summed E-state index contributed by atoms with van der Waals surface area (Å²) in [5.74, 6) is 0.572. The lowest BCUT2D eigenvalue weighted by Crippen LogP contribution is -2.32. The Morgan fingerprint density at radius 3 is 2.88 bits per heavy atom. The van der Waals surface area contributed by atoms with Gasteiger partial charge in [0, 0.05) is 19.6 Å². The Bertz CT molecular complexity index is 465. The van der Waals surface area contributed by atoms with E-state index in [0.29, 0.717) is 18.4 Å². The van der Waals surface area contributed by atoms with Gasteiger partial charge in [-0.3, -0.25) is 4.68 Å². The zero-order valence-electron chi connectivity index (χ0n) is 9.76. The molecule has 2 rings (SSSR count). The van der Waals surface area contributed by atoms with Gasteiger partial charge in [0.15, 0.2) is 5.82 Å². The summed E-state index contributed by atoms with van der Waals surface area (Å²) in [6.45, 7) is 0.641. The summed E-state index contributed by atoms with van der Waals surface area (Å²) in [6.07, 6.45) is 3.86. The fraction of sp³-hybridized carbons (Fsp3) is 0.778. The largest absolute Gasteiger partial charge is 0.313 e. The van der Waals surface area contributed by atoms with Crippen molar-refractivity contribution in [3.05, 3.63) is 12.2 Å². The van der Waals surface area contributed by atoms with Gasteiger partial charge in [-0.05, 0) is 12.8 Å². The summed E-state index contributed by atoms with van der Waals surface area (Å²) < 4.78 is 27.2. The van der Waals surface area contributed by atoms with Gasteiger partial charge in [-0.1, -0.05) is 0 Å². The smallest absolute Gasteiger partial charge is 0.213 e. The van der Waals surface area contributed by atoms with E-state index >= 15 is 0 Å². The number of aromatic nitrogens is 3. The van der Waals surface area contributed by atoms with E-state index in [9.17, 15) is 8.42 Å². The summed E-state index contributed by atoms with van der Waals surface area (Å²) in [4.78, 5) is 3.95. The van der Waals surface area contributed by atoms with E-state index in [-0.39, 0.29) is 12.3 Å². The van der Waals surface area contributed by atoms with Crippen LogP contribution in [0, 0.1) is 0 Å². The maximum absolute atomic E-state index is 11.6. The zero-order valence-corrected chi connectivity index (χ0v) is 10.6. The lowest BCUT2D eigenvalue weighted by Gasteiger charge is -2.05. The van der Waals surface area contributed by atoms with Gasteiger partial charge >= 0.3 is 0 Å². The molecule has 2 N–H and O–H groups in total. The second kappa shape index (κ2) is 5.11. The number of hydrogen-bond donors (Lipinski definition) is 2. The molecule has 0 amide bonds. The molecule has 96 valence electrons. The topological polar surface area (TPSA) is 88.9 Å². The van der Waals surface area contributed by atoms with Gasteiger partial charge in [-0.15, -0.1) is 0 Å². The van der Waals surface area contributed by atoms with Crippen LogP contribution < -0.4 is 10.0 Å². The lowest BCUT2D eigenvalue weighted by molar-refractivity contribution is 0.573. The van der Waals surface area contributed by atoms with Gasteiger partial charge in [-0.25, -0.2) is 18.1 Å². The lowest BCUT2D eigenvalue weighted by atomic mass is 10.6. The molecule has 0 radical (unpaired) electrons. The van der Waals surface area contributed by atoms with Gasteiger partial charge in [-0.2, -0.15) is 5.10 Å². The molecule has 1 saturated carbocycles. The average Bonchev–Trinajstić information content (AvgIpc) is 2.98. The minimum atomic E-state index is -3.24. The van der Waals surface area contributed by atoms with E-state index in [2.05, 4.69) is 20.1 Å². The molecule has 1 aromatic heterocycles. The third-order valence-electron chi connectivity index (χ3n) is 2.48. The first-order valence-electron chi connectivity index (χ1n) is 5.60. The molecule has 7 nitrogen and oxygen atoms in total. The van der Waals surface area contributed by atoms with Crippen molar-refractivity contribution in [1.29, 1.82) is 0 Å². The van der Waals surface area contributed by atoms with Gasteiger partial charge in [0.2, 0.25) is 10.0 Å². The second-order valence-corrected chi connectivity index (χ2v) is 6.13. The molecule has 1 aromatic rings. The predicted molar refractivity (Wildman–Crippen MR) is 62.7 cm³/mol. The van der Waals surface area contributed by atoms with E-state index in [4.69, 9.17) is 0 Å². The van der Waals surface area contributed by atoms with E-state index in [1.54, 1.807) is 7.05 Å². The number of sulfonamides is 1. The standard InChI is InChI=1S/C9H17N5O2S/c1-14-7-11-9(13-14)6-12-17(15,16)5-4-10-8-2-3-8/h7-8,10,12H,2-6H2,1H3. The molecule has 8 heteroatoms. The van der Waals surface area contributed by atoms with Crippen LogP contribution in [-0.2, 0) is 23.6 Å². The van der Waals surface area contributed by atoms with Gasteiger partial charge in [0.1, 0.15) is 6.33 Å². The Morgan fingerprint density at radius 1 is 1.53 bits per heavy atom. The molecule has 17 heavy (non-hydrogen) atoms. The van der Waals surface area contributed by atoms with Crippen molar-refractivity contribution < 1.29 is 8.42 Å². The van der Waals surface area contributed by atoms with Crippen molar-refractivity contribution in [2.45, 2.75) is 25.4 Å². The third-order valence-corrected chi connectivity index (χ3v) is 3.80. The van der Waals surface area contributed by atoms with E-state index in [1.807, 2.05) is 0 Å². The van der Waals surface area contributed by atoms with Crippen molar-refractivity contribution in [3.63, 3.8) is 0 Å². The minimum Gasteiger partial charge on any atom is -0.313 e. The van der Waals surface area contributed by atoms with E-state index < -0.39 is 10.0 Å². The SMILES string of the molecule is Cn1cnc(CNS(=O)(=O)CCNC2CC2)n1. The van der Waals surface area contributed by atoms with Crippen molar-refractivity contribution in [3.8, 4) is 0 Å². The van der Waals surface area contributed by atoms with Crippen LogP contribution in [0.5, 0.6) is 0 Å². The Labute approximate surface area is 101 Å². The van der Waals surface area contributed by atoms with E-state index in [0.717, 1.165) is 12.8 Å². The summed E-state index contributed by atoms with van der Waals surface area (Å²) in [6, 6.07) is 0.530. The Hall–Kier alpha value is -0.990. The number of rotatable bonds is 7. The fourth-order valence-corrected chi connectivity index (χ4v) is 2.28. The Kier molecular flexibility index (Phi) is 3.75. The van der Waals surface area contributed by atoms with Crippen LogP contribution in [0.2, 0.25) is 0 Å². The van der Waals surface area contributed by atoms with Crippen molar-refractivity contribution in [2.75, 3.05) is 12.3 Å². The predicted octanol–water partition coefficient (Wildman–Crippen LogP) is -1.01. The first kappa shape index (κ1) is 12.5. The molecule has 1 aliphatic carbocycles. The zero-order chi connectivity index (χ0) is 12.3. The second-order valence-electron chi connectivity index (χ2n) is 4.20. The molecule has 1 aliphatic rings. The maximum atomic E-state index is 11.6. The number of aryl methyl sites for hydroxylation is 1. The highest BCUT2D eigenvalue weighted by molar-refractivity contribution is 7.89. The highest BCUT2D eigenvalue weighted by Gasteiger charge is 2.21. The van der Waals surface area contributed by atoms with Crippen LogP contribution in [0.15, 0.2) is 6.33 Å². The quantitative estimate of drug-likeness (QED) is 0.655. The number of nitrogens with zero attached hydrogens (tertiary/aromatic N) is 3. The molecule has 0 aromatic carbocycles. The summed E-state index contributed by atoms with van der Waals surface area (Å²) in [5, 5.41) is 7.16. The molecule has 0 aliphatic heterocycles. The van der Waals surface area contributed by atoms with Crippen molar-refractivity contribution in [2.24, 2.45) is 7.05 Å². The molecule has 0 spiro atoms. The van der Waals surface area contributed by atoms with Gasteiger partial charge in [0.25, 0.3) is 0 Å². The van der Waals surface area contributed by atoms with Crippen molar-refractivity contribution in [1.82, 2.24) is 24.8 Å². The molecular weight excluding hydrogens is 242 g/mol. The Morgan fingerprint density at radius 2 is 2.29 bits per heavy atom. The third kappa shape index (κ3) is 4.41. The number of nitrogens with one attached hydrogen (secondary N) is 2. The molecule has 1 fully saturated rings. The molecule has 1 heterocycles. The first-order valence-corrected chi connectivity index (χ1v) is 7.26. The molecule has 0 saturated heterocycles. The molecule has 0 atom stereocenters. The van der Waals surface area contributed by atoms with E-state index in [1.165, 1.54) is 11.0 Å². The van der Waals surface area contributed by atoms with Gasteiger partial charge in [0.05, 0.1) is 12.3 Å². The van der Waals surface area contributed by atoms with Crippen LogP contribution >= 0.6 is 0 Å². The maximum Gasteiger partial charge on any atom is 0.213 e.